The molecule has 1 saturated carbocycles. The first kappa shape index (κ1) is 12.0. The third-order valence-electron chi connectivity index (χ3n) is 3.70. The lowest BCUT2D eigenvalue weighted by atomic mass is 9.77. The molecule has 3 N–H and O–H groups in total. The Bertz CT molecular complexity index is 372. The van der Waals surface area contributed by atoms with E-state index in [-0.39, 0.29) is 12.0 Å². The smallest absolute Gasteiger partial charge is 0.306 e. The molecular formula is C13H18N2O2. The van der Waals surface area contributed by atoms with Crippen molar-refractivity contribution in [1.82, 2.24) is 4.98 Å². The zero-order valence-corrected chi connectivity index (χ0v) is 9.75. The summed E-state index contributed by atoms with van der Waals surface area (Å²) < 4.78 is 0. The van der Waals surface area contributed by atoms with Crippen molar-refractivity contribution >= 4 is 5.97 Å². The number of hydrogen-bond acceptors (Lipinski definition) is 3. The summed E-state index contributed by atoms with van der Waals surface area (Å²) in [7, 11) is 0. The quantitative estimate of drug-likeness (QED) is 0.838. The maximum Gasteiger partial charge on any atom is 0.306 e. The van der Waals surface area contributed by atoms with Crippen LogP contribution in [0.5, 0.6) is 0 Å². The number of nitrogens with two attached hydrogens (primary N) is 1. The molecule has 1 aromatic heterocycles. The first-order valence-corrected chi connectivity index (χ1v) is 6.07. The predicted molar refractivity (Wildman–Crippen MR) is 64.2 cm³/mol. The van der Waals surface area contributed by atoms with Crippen LogP contribution in [-0.4, -0.2) is 16.1 Å². The molecule has 0 aliphatic heterocycles. The number of carboxylic acids is 1. The van der Waals surface area contributed by atoms with E-state index in [1.165, 1.54) is 0 Å². The normalized spacial score (nSPS) is 26.4. The lowest BCUT2D eigenvalue weighted by molar-refractivity contribution is -0.143. The molecule has 0 spiro atoms. The van der Waals surface area contributed by atoms with Gasteiger partial charge >= 0.3 is 5.97 Å². The fourth-order valence-electron chi connectivity index (χ4n) is 2.57. The third-order valence-corrected chi connectivity index (χ3v) is 3.70. The van der Waals surface area contributed by atoms with Gasteiger partial charge in [-0.1, -0.05) is 6.07 Å². The number of rotatable bonds is 3. The highest BCUT2D eigenvalue weighted by Gasteiger charge is 2.29. The van der Waals surface area contributed by atoms with Gasteiger partial charge in [-0.25, -0.2) is 0 Å². The second-order valence-electron chi connectivity index (χ2n) is 4.76. The molecule has 17 heavy (non-hydrogen) atoms. The number of aliphatic carboxylic acids is 1. The number of carboxylic acid groups (broad SMARTS) is 1. The van der Waals surface area contributed by atoms with Crippen molar-refractivity contribution in [3.63, 3.8) is 0 Å². The van der Waals surface area contributed by atoms with E-state index in [2.05, 4.69) is 4.98 Å². The average molecular weight is 234 g/mol. The molecule has 4 heteroatoms. The molecule has 1 aromatic rings. The summed E-state index contributed by atoms with van der Waals surface area (Å²) in [4.78, 5) is 14.9. The van der Waals surface area contributed by atoms with Crippen LogP contribution in [0.15, 0.2) is 24.5 Å². The highest BCUT2D eigenvalue weighted by molar-refractivity contribution is 5.70. The SMILES string of the molecule is NC(c1cccnc1)C1CCC(C(=O)O)CC1. The Balaban J connectivity index is 1.95. The third kappa shape index (κ3) is 2.82. The van der Waals surface area contributed by atoms with Crippen LogP contribution >= 0.6 is 0 Å². The second-order valence-corrected chi connectivity index (χ2v) is 4.76. The van der Waals surface area contributed by atoms with Gasteiger partial charge in [0.05, 0.1) is 5.92 Å². The molecule has 1 fully saturated rings. The molecule has 1 atom stereocenters. The van der Waals surface area contributed by atoms with E-state index in [4.69, 9.17) is 10.8 Å². The van der Waals surface area contributed by atoms with Gasteiger partial charge in [0.25, 0.3) is 0 Å². The van der Waals surface area contributed by atoms with E-state index < -0.39 is 5.97 Å². The van der Waals surface area contributed by atoms with E-state index in [0.29, 0.717) is 5.92 Å². The number of carbonyl (C=O) groups is 1. The predicted octanol–water partition coefficient (Wildman–Crippen LogP) is 1.97. The first-order valence-electron chi connectivity index (χ1n) is 6.07. The van der Waals surface area contributed by atoms with Gasteiger partial charge in [-0.3, -0.25) is 9.78 Å². The van der Waals surface area contributed by atoms with E-state index in [9.17, 15) is 4.79 Å². The van der Waals surface area contributed by atoms with E-state index in [1.54, 1.807) is 12.4 Å². The maximum atomic E-state index is 10.9. The first-order chi connectivity index (χ1) is 8.18. The lowest BCUT2D eigenvalue weighted by Crippen LogP contribution is -2.28. The molecule has 92 valence electrons. The van der Waals surface area contributed by atoms with Crippen LogP contribution in [0.3, 0.4) is 0 Å². The summed E-state index contributed by atoms with van der Waals surface area (Å²) in [5.41, 5.74) is 7.25. The van der Waals surface area contributed by atoms with Crippen LogP contribution in [0.1, 0.15) is 37.3 Å². The van der Waals surface area contributed by atoms with Gasteiger partial charge in [0.2, 0.25) is 0 Å². The van der Waals surface area contributed by atoms with Crippen molar-refractivity contribution in [3.8, 4) is 0 Å². The van der Waals surface area contributed by atoms with Crippen LogP contribution in [0.25, 0.3) is 0 Å². The number of pyridine rings is 1. The molecule has 4 nitrogen and oxygen atoms in total. The van der Waals surface area contributed by atoms with E-state index in [1.807, 2.05) is 12.1 Å². The Morgan fingerprint density at radius 3 is 2.65 bits per heavy atom. The van der Waals surface area contributed by atoms with Crippen molar-refractivity contribution in [2.45, 2.75) is 31.7 Å². The number of nitrogens with zero attached hydrogens (tertiary/aromatic N) is 1. The Labute approximate surface area is 101 Å². The van der Waals surface area contributed by atoms with Gasteiger partial charge < -0.3 is 10.8 Å². The highest BCUT2D eigenvalue weighted by atomic mass is 16.4. The summed E-state index contributed by atoms with van der Waals surface area (Å²) in [5.74, 6) is -0.458. The van der Waals surface area contributed by atoms with Crippen LogP contribution in [-0.2, 0) is 4.79 Å². The molecule has 0 bridgehead atoms. The Hall–Kier alpha value is -1.42. The molecule has 1 heterocycles. The van der Waals surface area contributed by atoms with Gasteiger partial charge in [-0.2, -0.15) is 0 Å². The summed E-state index contributed by atoms with van der Waals surface area (Å²) >= 11 is 0. The summed E-state index contributed by atoms with van der Waals surface area (Å²) in [6.07, 6.45) is 6.81. The standard InChI is InChI=1S/C13H18N2O2/c14-12(11-2-1-7-15-8-11)9-3-5-10(6-4-9)13(16)17/h1-2,7-10,12H,3-6,14H2,(H,16,17). The fraction of sp³-hybridized carbons (Fsp3) is 0.538. The average Bonchev–Trinajstić information content (AvgIpc) is 2.39. The zero-order chi connectivity index (χ0) is 12.3. The van der Waals surface area contributed by atoms with Gasteiger partial charge in [0.15, 0.2) is 0 Å². The van der Waals surface area contributed by atoms with Crippen molar-refractivity contribution in [1.29, 1.82) is 0 Å². The largest absolute Gasteiger partial charge is 0.481 e. The van der Waals surface area contributed by atoms with Gasteiger partial charge in [-0.15, -0.1) is 0 Å². The van der Waals surface area contributed by atoms with E-state index >= 15 is 0 Å². The maximum absolute atomic E-state index is 10.9. The van der Waals surface area contributed by atoms with Gasteiger partial charge in [0.1, 0.15) is 0 Å². The van der Waals surface area contributed by atoms with Gasteiger partial charge in [-0.05, 0) is 43.2 Å². The molecule has 0 radical (unpaired) electrons. The molecule has 1 aliphatic carbocycles. The minimum Gasteiger partial charge on any atom is -0.481 e. The van der Waals surface area contributed by atoms with Crippen LogP contribution in [0.4, 0.5) is 0 Å². The second kappa shape index (κ2) is 5.27. The summed E-state index contributed by atoms with van der Waals surface area (Å²) in [6.45, 7) is 0. The molecule has 2 rings (SSSR count). The number of hydrogen-bond donors (Lipinski definition) is 2. The van der Waals surface area contributed by atoms with Crippen LogP contribution < -0.4 is 5.73 Å². The number of aromatic nitrogens is 1. The fourth-order valence-corrected chi connectivity index (χ4v) is 2.57. The molecule has 1 unspecified atom stereocenters. The van der Waals surface area contributed by atoms with Crippen molar-refractivity contribution in [2.75, 3.05) is 0 Å². The van der Waals surface area contributed by atoms with Gasteiger partial charge in [0, 0.05) is 18.4 Å². The van der Waals surface area contributed by atoms with Crippen LogP contribution in [0.2, 0.25) is 0 Å². The van der Waals surface area contributed by atoms with Crippen molar-refractivity contribution < 1.29 is 9.90 Å². The molecule has 0 aromatic carbocycles. The minimum absolute atomic E-state index is 0.0153. The zero-order valence-electron chi connectivity index (χ0n) is 9.75. The molecule has 0 saturated heterocycles. The topological polar surface area (TPSA) is 76.2 Å². The highest BCUT2D eigenvalue weighted by Crippen LogP contribution is 2.35. The van der Waals surface area contributed by atoms with Crippen molar-refractivity contribution in [3.05, 3.63) is 30.1 Å². The monoisotopic (exact) mass is 234 g/mol. The minimum atomic E-state index is -0.668. The van der Waals surface area contributed by atoms with E-state index in [0.717, 1.165) is 31.2 Å². The summed E-state index contributed by atoms with van der Waals surface area (Å²) in [6, 6.07) is 3.86. The molecule has 1 aliphatic rings. The van der Waals surface area contributed by atoms with Crippen LogP contribution in [0, 0.1) is 11.8 Å². The lowest BCUT2D eigenvalue weighted by Gasteiger charge is -2.30. The Morgan fingerprint density at radius 1 is 1.41 bits per heavy atom. The Morgan fingerprint density at radius 2 is 2.12 bits per heavy atom. The molecule has 0 amide bonds. The van der Waals surface area contributed by atoms with Crippen molar-refractivity contribution in [2.24, 2.45) is 17.6 Å². The molecular weight excluding hydrogens is 216 g/mol. The summed E-state index contributed by atoms with van der Waals surface area (Å²) in [5, 5.41) is 8.94. The Kier molecular flexibility index (Phi) is 3.74.